The second kappa shape index (κ2) is 9.64. The molecule has 2 aliphatic rings. The Morgan fingerprint density at radius 2 is 1.94 bits per heavy atom. The number of aromatic nitrogens is 2. The quantitative estimate of drug-likeness (QED) is 0.710. The molecule has 1 aromatic heterocycles. The van der Waals surface area contributed by atoms with E-state index in [9.17, 15) is 4.79 Å². The van der Waals surface area contributed by atoms with E-state index >= 15 is 0 Å². The topological polar surface area (TPSA) is 67.8 Å². The lowest BCUT2D eigenvalue weighted by atomic mass is 10.0. The number of para-hydroxylation sites is 1. The Balaban J connectivity index is 1.66. The fraction of sp³-hybridized carbons (Fsp3) is 0.542. The Kier molecular flexibility index (Phi) is 6.70. The largest absolute Gasteiger partial charge is 0.496 e. The number of anilines is 1. The minimum absolute atomic E-state index is 0.215. The van der Waals surface area contributed by atoms with Crippen LogP contribution in [0.5, 0.6) is 5.75 Å². The van der Waals surface area contributed by atoms with Gasteiger partial charge in [0.15, 0.2) is 0 Å². The molecule has 7 nitrogen and oxygen atoms in total. The van der Waals surface area contributed by atoms with Crippen LogP contribution in [0.25, 0.3) is 0 Å². The molecule has 0 spiro atoms. The fourth-order valence-electron chi connectivity index (χ4n) is 4.27. The van der Waals surface area contributed by atoms with Crippen LogP contribution < -0.4 is 9.64 Å². The predicted molar refractivity (Wildman–Crippen MR) is 119 cm³/mol. The molecule has 4 rings (SSSR count). The molecule has 3 heterocycles. The number of fused-ring (bicyclic) bond motifs is 1. The third-order valence-electron chi connectivity index (χ3n) is 5.87. The molecule has 1 fully saturated rings. The van der Waals surface area contributed by atoms with Crippen molar-refractivity contribution in [2.75, 3.05) is 44.9 Å². The Morgan fingerprint density at radius 1 is 1.16 bits per heavy atom. The molecule has 2 aliphatic heterocycles. The van der Waals surface area contributed by atoms with Crippen LogP contribution in [0, 0.1) is 5.92 Å². The van der Waals surface area contributed by atoms with Gasteiger partial charge in [-0.1, -0.05) is 32.0 Å². The molecule has 0 atom stereocenters. The smallest absolute Gasteiger partial charge is 0.223 e. The summed E-state index contributed by atoms with van der Waals surface area (Å²) in [6.45, 7) is 8.46. The van der Waals surface area contributed by atoms with Gasteiger partial charge in [-0.15, -0.1) is 0 Å². The van der Waals surface area contributed by atoms with E-state index in [1.807, 2.05) is 23.1 Å². The lowest BCUT2D eigenvalue weighted by Crippen LogP contribution is -2.41. The Hall–Kier alpha value is -2.67. The lowest BCUT2D eigenvalue weighted by Gasteiger charge is -2.35. The third kappa shape index (κ3) is 4.98. The first-order valence-corrected chi connectivity index (χ1v) is 11.2. The highest BCUT2D eigenvalue weighted by Crippen LogP contribution is 2.29. The van der Waals surface area contributed by atoms with Crippen molar-refractivity contribution in [1.29, 1.82) is 0 Å². The van der Waals surface area contributed by atoms with Crippen molar-refractivity contribution in [3.8, 4) is 5.75 Å². The van der Waals surface area contributed by atoms with E-state index in [0.717, 1.165) is 53.7 Å². The Morgan fingerprint density at radius 3 is 2.68 bits per heavy atom. The zero-order chi connectivity index (χ0) is 21.8. The maximum absolute atomic E-state index is 12.7. The number of rotatable bonds is 6. The van der Waals surface area contributed by atoms with Gasteiger partial charge in [-0.05, 0) is 12.0 Å². The lowest BCUT2D eigenvalue weighted by molar-refractivity contribution is -0.132. The summed E-state index contributed by atoms with van der Waals surface area (Å²) in [4.78, 5) is 26.9. The van der Waals surface area contributed by atoms with E-state index in [4.69, 9.17) is 19.4 Å². The molecular formula is C24H32N4O3. The van der Waals surface area contributed by atoms with Crippen LogP contribution in [0.1, 0.15) is 42.9 Å². The van der Waals surface area contributed by atoms with Crippen molar-refractivity contribution in [1.82, 2.24) is 14.9 Å². The Labute approximate surface area is 184 Å². The summed E-state index contributed by atoms with van der Waals surface area (Å²) in [5.74, 6) is 3.17. The monoisotopic (exact) mass is 424 g/mol. The van der Waals surface area contributed by atoms with Crippen LogP contribution in [0.2, 0.25) is 0 Å². The van der Waals surface area contributed by atoms with E-state index in [0.29, 0.717) is 45.1 Å². The van der Waals surface area contributed by atoms with Gasteiger partial charge in [0.1, 0.15) is 17.4 Å². The second-order valence-corrected chi connectivity index (χ2v) is 8.64. The van der Waals surface area contributed by atoms with Crippen molar-refractivity contribution >= 4 is 11.7 Å². The maximum Gasteiger partial charge on any atom is 0.223 e. The molecule has 31 heavy (non-hydrogen) atoms. The second-order valence-electron chi connectivity index (χ2n) is 8.64. The van der Waals surface area contributed by atoms with E-state index in [2.05, 4.69) is 24.8 Å². The molecule has 0 aliphatic carbocycles. The molecule has 0 saturated carbocycles. The van der Waals surface area contributed by atoms with Gasteiger partial charge in [-0.25, -0.2) is 9.97 Å². The Bertz CT molecular complexity index is 925. The van der Waals surface area contributed by atoms with Crippen molar-refractivity contribution in [3.05, 3.63) is 46.9 Å². The first kappa shape index (κ1) is 21.6. The van der Waals surface area contributed by atoms with Crippen LogP contribution in [-0.2, 0) is 28.9 Å². The zero-order valence-electron chi connectivity index (χ0n) is 18.8. The summed E-state index contributed by atoms with van der Waals surface area (Å²) in [7, 11) is 1.69. The predicted octanol–water partition coefficient (Wildman–Crippen LogP) is 2.84. The van der Waals surface area contributed by atoms with Crippen molar-refractivity contribution in [2.24, 2.45) is 5.92 Å². The van der Waals surface area contributed by atoms with Gasteiger partial charge in [-0.3, -0.25) is 4.79 Å². The van der Waals surface area contributed by atoms with Gasteiger partial charge < -0.3 is 19.3 Å². The third-order valence-corrected chi connectivity index (χ3v) is 5.87. The summed E-state index contributed by atoms with van der Waals surface area (Å²) in [6.07, 6.45) is 1.96. The number of morpholine rings is 1. The average Bonchev–Trinajstić information content (AvgIpc) is 2.78. The number of hydrogen-bond acceptors (Lipinski definition) is 6. The molecule has 1 amide bonds. The molecule has 2 aromatic rings. The van der Waals surface area contributed by atoms with Crippen LogP contribution in [0.4, 0.5) is 5.82 Å². The van der Waals surface area contributed by atoms with Crippen LogP contribution in [0.3, 0.4) is 0 Å². The standard InChI is InChI=1S/C24H32N4O3/c1-17(2)14-23(29)28-9-8-20-19(16-28)24(27-10-12-31-13-11-27)26-22(25-20)15-18-6-4-5-7-21(18)30-3/h4-7,17H,8-16H2,1-3H3. The summed E-state index contributed by atoms with van der Waals surface area (Å²) in [5, 5.41) is 0. The molecule has 0 radical (unpaired) electrons. The first-order chi connectivity index (χ1) is 15.0. The number of nitrogens with zero attached hydrogens (tertiary/aromatic N) is 4. The first-order valence-electron chi connectivity index (χ1n) is 11.2. The summed E-state index contributed by atoms with van der Waals surface area (Å²) < 4.78 is 11.1. The maximum atomic E-state index is 12.7. The SMILES string of the molecule is COc1ccccc1Cc1nc2c(c(N3CCOCC3)n1)CN(C(=O)CC(C)C)CC2. The van der Waals surface area contributed by atoms with Crippen molar-refractivity contribution < 1.29 is 14.3 Å². The van der Waals surface area contributed by atoms with Gasteiger partial charge in [0, 0.05) is 50.0 Å². The molecular weight excluding hydrogens is 392 g/mol. The molecule has 7 heteroatoms. The average molecular weight is 425 g/mol. The minimum Gasteiger partial charge on any atom is -0.496 e. The highest BCUT2D eigenvalue weighted by molar-refractivity contribution is 5.77. The minimum atomic E-state index is 0.215. The van der Waals surface area contributed by atoms with Crippen LogP contribution in [-0.4, -0.2) is 60.7 Å². The number of hydrogen-bond donors (Lipinski definition) is 0. The molecule has 166 valence electrons. The van der Waals surface area contributed by atoms with E-state index in [1.165, 1.54) is 0 Å². The van der Waals surface area contributed by atoms with Gasteiger partial charge in [0.2, 0.25) is 5.91 Å². The van der Waals surface area contributed by atoms with Crippen molar-refractivity contribution in [2.45, 2.75) is 39.7 Å². The highest BCUT2D eigenvalue weighted by Gasteiger charge is 2.28. The fourth-order valence-corrected chi connectivity index (χ4v) is 4.27. The normalized spacial score (nSPS) is 16.4. The number of benzene rings is 1. The van der Waals surface area contributed by atoms with Gasteiger partial charge >= 0.3 is 0 Å². The number of carbonyl (C=O) groups is 1. The zero-order valence-corrected chi connectivity index (χ0v) is 18.8. The summed E-state index contributed by atoms with van der Waals surface area (Å²) in [6, 6.07) is 8.01. The summed E-state index contributed by atoms with van der Waals surface area (Å²) in [5.41, 5.74) is 3.23. The van der Waals surface area contributed by atoms with E-state index in [1.54, 1.807) is 7.11 Å². The molecule has 0 bridgehead atoms. The van der Waals surface area contributed by atoms with E-state index in [-0.39, 0.29) is 5.91 Å². The van der Waals surface area contributed by atoms with Gasteiger partial charge in [0.05, 0.1) is 32.6 Å². The van der Waals surface area contributed by atoms with Gasteiger partial charge in [-0.2, -0.15) is 0 Å². The highest BCUT2D eigenvalue weighted by atomic mass is 16.5. The molecule has 1 saturated heterocycles. The molecule has 1 aromatic carbocycles. The van der Waals surface area contributed by atoms with Crippen LogP contribution >= 0.6 is 0 Å². The van der Waals surface area contributed by atoms with Crippen LogP contribution in [0.15, 0.2) is 24.3 Å². The van der Waals surface area contributed by atoms with Crippen molar-refractivity contribution in [3.63, 3.8) is 0 Å². The van der Waals surface area contributed by atoms with Gasteiger partial charge in [0.25, 0.3) is 0 Å². The number of ether oxygens (including phenoxy) is 2. The number of carbonyl (C=O) groups excluding carboxylic acids is 1. The van der Waals surface area contributed by atoms with E-state index < -0.39 is 0 Å². The number of methoxy groups -OCH3 is 1. The molecule has 0 N–H and O–H groups in total. The molecule has 0 unspecified atom stereocenters. The number of amides is 1. The summed E-state index contributed by atoms with van der Waals surface area (Å²) >= 11 is 0.